The Morgan fingerprint density at radius 1 is 0.423 bits per heavy atom. The molecular weight excluding hydrogens is 857 g/mol. The van der Waals surface area contributed by atoms with Gasteiger partial charge in [-0.3, -0.25) is 0 Å². The maximum atomic E-state index is 2.44. The van der Waals surface area contributed by atoms with E-state index in [1.807, 2.05) is 0 Å². The second-order valence-electron chi connectivity index (χ2n) is 20.1. The summed E-state index contributed by atoms with van der Waals surface area (Å²) in [5, 5.41) is 0. The number of rotatable bonds is 12. The van der Waals surface area contributed by atoms with Crippen molar-refractivity contribution in [2.75, 3.05) is 9.80 Å². The van der Waals surface area contributed by atoms with Crippen LogP contribution < -0.4 is 9.80 Å². The molecule has 0 N–H and O–H groups in total. The zero-order valence-electron chi connectivity index (χ0n) is 42.8. The van der Waals surface area contributed by atoms with Gasteiger partial charge in [-0.05, 0) is 192 Å². The summed E-state index contributed by atoms with van der Waals surface area (Å²) < 4.78 is 0. The molecule has 1 aliphatic carbocycles. The largest absolute Gasteiger partial charge is 0.310 e. The molecule has 2 nitrogen and oxygen atoms in total. The first kappa shape index (κ1) is 46.8. The first-order valence-corrected chi connectivity index (χ1v) is 25.2. The van der Waals surface area contributed by atoms with E-state index in [9.17, 15) is 0 Å². The number of para-hydroxylation sites is 2. The van der Waals surface area contributed by atoms with Gasteiger partial charge in [-0.1, -0.05) is 184 Å². The monoisotopic (exact) mass is 921 g/mol. The zero-order chi connectivity index (χ0) is 49.3. The van der Waals surface area contributed by atoms with Gasteiger partial charge in [0.15, 0.2) is 0 Å². The van der Waals surface area contributed by atoms with Gasteiger partial charge in [-0.2, -0.15) is 0 Å². The molecular formula is C69H64N2. The van der Waals surface area contributed by atoms with Gasteiger partial charge in [0, 0.05) is 28.7 Å². The molecule has 350 valence electrons. The Bertz CT molecular complexity index is 3370. The van der Waals surface area contributed by atoms with Crippen LogP contribution in [-0.4, -0.2) is 0 Å². The molecule has 0 aliphatic heterocycles. The second-order valence-corrected chi connectivity index (χ2v) is 20.1. The van der Waals surface area contributed by atoms with Crippen molar-refractivity contribution >= 4 is 57.9 Å². The lowest BCUT2D eigenvalue weighted by atomic mass is 9.89. The first-order chi connectivity index (χ1) is 34.4. The first-order valence-electron chi connectivity index (χ1n) is 25.2. The summed E-state index contributed by atoms with van der Waals surface area (Å²) in [5.74, 6) is 0.725. The van der Waals surface area contributed by atoms with Crippen LogP contribution in [-0.2, 0) is 0 Å². The Morgan fingerprint density at radius 3 is 1.32 bits per heavy atom. The van der Waals surface area contributed by atoms with Crippen LogP contribution in [0.3, 0.4) is 0 Å². The van der Waals surface area contributed by atoms with Crippen molar-refractivity contribution in [3.8, 4) is 22.3 Å². The third-order valence-electron chi connectivity index (χ3n) is 14.4. The minimum absolute atomic E-state index is 0.219. The minimum Gasteiger partial charge on any atom is -0.310 e. The van der Waals surface area contributed by atoms with E-state index in [0.29, 0.717) is 5.92 Å². The number of hydrogen-bond acceptors (Lipinski definition) is 2. The summed E-state index contributed by atoms with van der Waals surface area (Å²) >= 11 is 0. The highest BCUT2D eigenvalue weighted by atomic mass is 15.2. The highest BCUT2D eigenvalue weighted by Gasteiger charge is 2.26. The van der Waals surface area contributed by atoms with E-state index in [1.165, 1.54) is 100 Å². The molecule has 0 aromatic heterocycles. The Hall–Kier alpha value is -7.94. The Kier molecular flexibility index (Phi) is 13.1. The molecule has 71 heavy (non-hydrogen) atoms. The third kappa shape index (κ3) is 9.56. The van der Waals surface area contributed by atoms with Crippen molar-refractivity contribution < 1.29 is 0 Å². The fraction of sp³-hybridized carbons (Fsp3) is 0.159. The van der Waals surface area contributed by atoms with Crippen LogP contribution in [0, 0.1) is 41.5 Å². The van der Waals surface area contributed by atoms with Crippen LogP contribution in [0.5, 0.6) is 0 Å². The van der Waals surface area contributed by atoms with Gasteiger partial charge in [0.05, 0.1) is 11.4 Å². The molecule has 1 unspecified atom stereocenters. The van der Waals surface area contributed by atoms with Gasteiger partial charge in [0.2, 0.25) is 0 Å². The lowest BCUT2D eigenvalue weighted by molar-refractivity contribution is 0.867. The number of fused-ring (bicyclic) bond motifs is 1. The molecule has 9 aromatic carbocycles. The lowest BCUT2D eigenvalue weighted by Gasteiger charge is -2.29. The quantitative estimate of drug-likeness (QED) is 0.113. The fourth-order valence-corrected chi connectivity index (χ4v) is 11.0. The number of hydrogen-bond donors (Lipinski definition) is 0. The minimum atomic E-state index is 0.219. The van der Waals surface area contributed by atoms with Crippen molar-refractivity contribution in [1.82, 2.24) is 0 Å². The SMILES string of the molecule is Cc1cc(C)c(N(c2ccccc2)c2ccc(/C=C/c3cc4c(cc3-c3ccc(-c5ccc(C(C)C)cc5)cc3)C=C(c3ccc(N(c5ccccc5)c5c(C)cc(C)cc5C)cc3)C4C)cc2)c(C)c1. The van der Waals surface area contributed by atoms with E-state index >= 15 is 0 Å². The molecule has 0 amide bonds. The fourth-order valence-electron chi connectivity index (χ4n) is 11.0. The summed E-state index contributed by atoms with van der Waals surface area (Å²) in [6, 6.07) is 71.9. The van der Waals surface area contributed by atoms with Gasteiger partial charge in [0.25, 0.3) is 0 Å². The van der Waals surface area contributed by atoms with Crippen molar-refractivity contribution in [2.45, 2.75) is 74.1 Å². The van der Waals surface area contributed by atoms with Gasteiger partial charge in [0.1, 0.15) is 0 Å². The molecule has 0 spiro atoms. The van der Waals surface area contributed by atoms with E-state index < -0.39 is 0 Å². The van der Waals surface area contributed by atoms with Gasteiger partial charge in [-0.25, -0.2) is 0 Å². The lowest BCUT2D eigenvalue weighted by Crippen LogP contribution is -2.13. The van der Waals surface area contributed by atoms with E-state index in [1.54, 1.807) is 0 Å². The van der Waals surface area contributed by atoms with Gasteiger partial charge in [-0.15, -0.1) is 0 Å². The molecule has 0 radical (unpaired) electrons. The average molecular weight is 921 g/mol. The molecule has 10 rings (SSSR count). The Balaban J connectivity index is 1.00. The van der Waals surface area contributed by atoms with Crippen molar-refractivity contribution in [2.24, 2.45) is 0 Å². The number of benzene rings is 9. The van der Waals surface area contributed by atoms with Crippen molar-refractivity contribution in [3.05, 3.63) is 261 Å². The van der Waals surface area contributed by atoms with E-state index in [2.05, 4.69) is 284 Å². The van der Waals surface area contributed by atoms with Crippen LogP contribution in [0.25, 0.3) is 46.1 Å². The molecule has 1 atom stereocenters. The van der Waals surface area contributed by atoms with E-state index in [4.69, 9.17) is 0 Å². The van der Waals surface area contributed by atoms with Crippen molar-refractivity contribution in [1.29, 1.82) is 0 Å². The van der Waals surface area contributed by atoms with Gasteiger partial charge >= 0.3 is 0 Å². The second kappa shape index (κ2) is 19.8. The molecule has 0 bridgehead atoms. The summed E-state index contributed by atoms with van der Waals surface area (Å²) in [6.45, 7) is 20.1. The van der Waals surface area contributed by atoms with Crippen LogP contribution in [0.1, 0.15) is 99.4 Å². The van der Waals surface area contributed by atoms with E-state index in [0.717, 1.165) is 28.3 Å². The van der Waals surface area contributed by atoms with Crippen LogP contribution >= 0.6 is 0 Å². The molecule has 1 aliphatic rings. The summed E-state index contributed by atoms with van der Waals surface area (Å²) in [7, 11) is 0. The molecule has 0 saturated heterocycles. The topological polar surface area (TPSA) is 6.48 Å². The normalized spacial score (nSPS) is 13.2. The number of allylic oxidation sites excluding steroid dienone is 1. The average Bonchev–Trinajstić information content (AvgIpc) is 3.70. The number of nitrogens with zero attached hydrogens (tertiary/aromatic N) is 2. The Labute approximate surface area is 422 Å². The highest BCUT2D eigenvalue weighted by Crippen LogP contribution is 2.47. The van der Waals surface area contributed by atoms with Crippen LogP contribution in [0.15, 0.2) is 194 Å². The summed E-state index contributed by atoms with van der Waals surface area (Å²) in [6.07, 6.45) is 7.02. The molecule has 0 saturated carbocycles. The molecule has 0 fully saturated rings. The van der Waals surface area contributed by atoms with Crippen molar-refractivity contribution in [3.63, 3.8) is 0 Å². The summed E-state index contributed by atoms with van der Waals surface area (Å²) in [4.78, 5) is 4.80. The van der Waals surface area contributed by atoms with Gasteiger partial charge < -0.3 is 9.80 Å². The van der Waals surface area contributed by atoms with Crippen LogP contribution in [0.4, 0.5) is 34.1 Å². The number of anilines is 6. The van der Waals surface area contributed by atoms with Crippen LogP contribution in [0.2, 0.25) is 0 Å². The van der Waals surface area contributed by atoms with E-state index in [-0.39, 0.29) is 5.92 Å². The standard InChI is InChI=1S/C69H64N2/c1-45(2)54-24-26-55(27-25-54)56-28-30-58(31-29-56)67-44-60-43-65(57-32-36-64(37-33-57)71(62-18-14-11-15-19-62)69-50(7)40-47(4)41-51(69)8)52(9)66(60)42-59(67)23-20-53-21-34-63(35-22-53)70(61-16-12-10-13-17-61)68-48(5)38-46(3)39-49(68)6/h10-45,52H,1-9H3/b23-20+. The predicted octanol–water partition coefficient (Wildman–Crippen LogP) is 19.8. The maximum absolute atomic E-state index is 2.44. The predicted molar refractivity (Wildman–Crippen MR) is 307 cm³/mol. The third-order valence-corrected chi connectivity index (χ3v) is 14.4. The maximum Gasteiger partial charge on any atom is 0.0520 e. The summed E-state index contributed by atoms with van der Waals surface area (Å²) in [5.41, 5.74) is 28.5. The molecule has 2 heteroatoms. The zero-order valence-corrected chi connectivity index (χ0v) is 42.8. The Morgan fingerprint density at radius 2 is 0.845 bits per heavy atom. The molecule has 9 aromatic rings. The number of aryl methyl sites for hydroxylation is 6. The highest BCUT2D eigenvalue weighted by molar-refractivity contribution is 5.95. The molecule has 0 heterocycles. The smallest absolute Gasteiger partial charge is 0.0520 e.